The molecular weight excluding hydrogens is 356 g/mol. The summed E-state index contributed by atoms with van der Waals surface area (Å²) in [5, 5.41) is 2.86. The Hall–Kier alpha value is -1.63. The van der Waals surface area contributed by atoms with E-state index in [9.17, 15) is 9.59 Å². The number of hydrogen-bond donors (Lipinski definition) is 1. The summed E-state index contributed by atoms with van der Waals surface area (Å²) in [6.07, 6.45) is 0.264. The number of rotatable bonds is 6. The van der Waals surface area contributed by atoms with Crippen molar-refractivity contribution in [1.29, 1.82) is 0 Å². The number of anilines is 1. The Morgan fingerprint density at radius 3 is 2.31 bits per heavy atom. The maximum atomic E-state index is 12.2. The van der Waals surface area contributed by atoms with Gasteiger partial charge >= 0.3 is 5.97 Å². The van der Waals surface area contributed by atoms with Crippen molar-refractivity contribution in [2.45, 2.75) is 39.9 Å². The van der Waals surface area contributed by atoms with Crippen LogP contribution in [-0.4, -0.2) is 55.2 Å². The smallest absolute Gasteiger partial charge is 0.338 e. The van der Waals surface area contributed by atoms with Crippen molar-refractivity contribution in [3.8, 4) is 0 Å². The molecule has 1 aromatic carbocycles. The van der Waals surface area contributed by atoms with Gasteiger partial charge in [0.1, 0.15) is 0 Å². The third-order valence-electron chi connectivity index (χ3n) is 3.81. The number of benzene rings is 1. The molecule has 1 heterocycles. The molecule has 0 spiro atoms. The van der Waals surface area contributed by atoms with Crippen molar-refractivity contribution in [3.05, 3.63) is 29.8 Å². The van der Waals surface area contributed by atoms with Crippen LogP contribution in [0.15, 0.2) is 24.3 Å². The summed E-state index contributed by atoms with van der Waals surface area (Å²) in [5.41, 5.74) is 1.15. The SMILES string of the molecule is CC(C)COC(=O)c1ccc(NC(=O)CN2CC(C)OC(C)C2)cc1.Cl. The van der Waals surface area contributed by atoms with Gasteiger partial charge in [0.25, 0.3) is 0 Å². The first-order chi connectivity index (χ1) is 11.8. The van der Waals surface area contributed by atoms with E-state index in [1.54, 1.807) is 24.3 Å². The normalized spacial score (nSPS) is 20.3. The Bertz CT molecular complexity index is 582. The van der Waals surface area contributed by atoms with Crippen LogP contribution in [0, 0.1) is 5.92 Å². The number of nitrogens with one attached hydrogen (secondary N) is 1. The maximum Gasteiger partial charge on any atom is 0.338 e. The minimum absolute atomic E-state index is 0. The molecule has 1 aliphatic rings. The average molecular weight is 385 g/mol. The van der Waals surface area contributed by atoms with Crippen LogP contribution in [-0.2, 0) is 14.3 Å². The van der Waals surface area contributed by atoms with Crippen molar-refractivity contribution in [2.75, 3.05) is 31.6 Å². The lowest BCUT2D eigenvalue weighted by atomic mass is 10.2. The van der Waals surface area contributed by atoms with Gasteiger partial charge in [-0.2, -0.15) is 0 Å². The highest BCUT2D eigenvalue weighted by Gasteiger charge is 2.23. The highest BCUT2D eigenvalue weighted by Crippen LogP contribution is 2.13. The van der Waals surface area contributed by atoms with E-state index in [0.29, 0.717) is 30.3 Å². The van der Waals surface area contributed by atoms with Gasteiger partial charge in [0, 0.05) is 18.8 Å². The zero-order chi connectivity index (χ0) is 18.4. The second-order valence-electron chi connectivity index (χ2n) is 7.07. The molecule has 1 fully saturated rings. The zero-order valence-electron chi connectivity index (χ0n) is 15.9. The van der Waals surface area contributed by atoms with Gasteiger partial charge in [0.15, 0.2) is 0 Å². The van der Waals surface area contributed by atoms with Gasteiger partial charge < -0.3 is 14.8 Å². The number of esters is 1. The van der Waals surface area contributed by atoms with E-state index in [2.05, 4.69) is 10.2 Å². The molecule has 0 radical (unpaired) electrons. The number of hydrogen-bond acceptors (Lipinski definition) is 5. The second-order valence-corrected chi connectivity index (χ2v) is 7.07. The summed E-state index contributed by atoms with van der Waals surface area (Å²) in [7, 11) is 0. The highest BCUT2D eigenvalue weighted by molar-refractivity contribution is 5.94. The minimum atomic E-state index is -0.345. The monoisotopic (exact) mass is 384 g/mol. The van der Waals surface area contributed by atoms with E-state index in [1.165, 1.54) is 0 Å². The number of carbonyl (C=O) groups is 2. The van der Waals surface area contributed by atoms with E-state index in [4.69, 9.17) is 9.47 Å². The number of halogens is 1. The highest BCUT2D eigenvalue weighted by atomic mass is 35.5. The quantitative estimate of drug-likeness (QED) is 0.763. The third kappa shape index (κ3) is 7.32. The van der Waals surface area contributed by atoms with Crippen LogP contribution in [0.5, 0.6) is 0 Å². The van der Waals surface area contributed by atoms with Gasteiger partial charge in [0.2, 0.25) is 5.91 Å². The fourth-order valence-electron chi connectivity index (χ4n) is 2.83. The van der Waals surface area contributed by atoms with Crippen molar-refractivity contribution in [1.82, 2.24) is 4.90 Å². The van der Waals surface area contributed by atoms with E-state index in [0.717, 1.165) is 13.1 Å². The maximum absolute atomic E-state index is 12.2. The molecule has 1 aromatic rings. The molecule has 7 heteroatoms. The minimum Gasteiger partial charge on any atom is -0.462 e. The number of morpholine rings is 1. The lowest BCUT2D eigenvalue weighted by Gasteiger charge is -2.34. The molecule has 26 heavy (non-hydrogen) atoms. The molecule has 0 bridgehead atoms. The van der Waals surface area contributed by atoms with E-state index in [1.807, 2.05) is 27.7 Å². The molecule has 0 aliphatic carbocycles. The van der Waals surface area contributed by atoms with Gasteiger partial charge in [0.05, 0.1) is 30.9 Å². The lowest BCUT2D eigenvalue weighted by molar-refractivity contribution is -0.121. The Morgan fingerprint density at radius 1 is 1.19 bits per heavy atom. The summed E-state index contributed by atoms with van der Waals surface area (Å²) in [5.74, 6) is -0.118. The molecule has 1 saturated heterocycles. The molecule has 2 atom stereocenters. The largest absolute Gasteiger partial charge is 0.462 e. The van der Waals surface area contributed by atoms with Crippen LogP contribution >= 0.6 is 12.4 Å². The molecule has 0 aromatic heterocycles. The lowest BCUT2D eigenvalue weighted by Crippen LogP contribution is -2.48. The summed E-state index contributed by atoms with van der Waals surface area (Å²) in [6, 6.07) is 6.76. The van der Waals surface area contributed by atoms with Crippen molar-refractivity contribution in [3.63, 3.8) is 0 Å². The van der Waals surface area contributed by atoms with E-state index in [-0.39, 0.29) is 36.5 Å². The molecule has 1 N–H and O–H groups in total. The van der Waals surface area contributed by atoms with E-state index < -0.39 is 0 Å². The fourth-order valence-corrected chi connectivity index (χ4v) is 2.83. The van der Waals surface area contributed by atoms with Crippen LogP contribution in [0.4, 0.5) is 5.69 Å². The predicted octanol–water partition coefficient (Wildman–Crippen LogP) is 2.97. The topological polar surface area (TPSA) is 67.9 Å². The molecule has 146 valence electrons. The molecule has 2 rings (SSSR count). The summed E-state index contributed by atoms with van der Waals surface area (Å²) < 4.78 is 10.9. The first-order valence-electron chi connectivity index (χ1n) is 8.78. The second kappa shape index (κ2) is 10.5. The van der Waals surface area contributed by atoms with E-state index >= 15 is 0 Å². The molecule has 1 aliphatic heterocycles. The number of nitrogens with zero attached hydrogens (tertiary/aromatic N) is 1. The molecular formula is C19H29ClN2O4. The fraction of sp³-hybridized carbons (Fsp3) is 0.579. The van der Waals surface area contributed by atoms with Crippen molar-refractivity contribution < 1.29 is 19.1 Å². The standard InChI is InChI=1S/C19H28N2O4.ClH/c1-13(2)12-24-19(23)16-5-7-17(8-6-16)20-18(22)11-21-9-14(3)25-15(4)10-21;/h5-8,13-15H,9-12H2,1-4H3,(H,20,22);1H. The molecule has 0 saturated carbocycles. The Kier molecular flexibility index (Phi) is 9.05. The summed E-state index contributed by atoms with van der Waals surface area (Å²) >= 11 is 0. The molecule has 1 amide bonds. The Labute approximate surface area is 161 Å². The number of ether oxygens (including phenoxy) is 2. The van der Waals surface area contributed by atoms with Crippen LogP contribution < -0.4 is 5.32 Å². The Morgan fingerprint density at radius 2 is 1.77 bits per heavy atom. The zero-order valence-corrected chi connectivity index (χ0v) is 16.7. The van der Waals surface area contributed by atoms with Crippen molar-refractivity contribution in [2.24, 2.45) is 5.92 Å². The molecule has 2 unspecified atom stereocenters. The number of carbonyl (C=O) groups excluding carboxylic acids is 2. The average Bonchev–Trinajstić information content (AvgIpc) is 2.52. The van der Waals surface area contributed by atoms with Crippen molar-refractivity contribution >= 4 is 30.0 Å². The third-order valence-corrected chi connectivity index (χ3v) is 3.81. The van der Waals surface area contributed by atoms with Gasteiger partial charge in [-0.25, -0.2) is 4.79 Å². The van der Waals surface area contributed by atoms with Gasteiger partial charge in [-0.1, -0.05) is 13.8 Å². The van der Waals surface area contributed by atoms with Crippen LogP contribution in [0.1, 0.15) is 38.1 Å². The van der Waals surface area contributed by atoms with Gasteiger partial charge in [-0.05, 0) is 44.0 Å². The Balaban J connectivity index is 0.00000338. The molecule has 6 nitrogen and oxygen atoms in total. The van der Waals surface area contributed by atoms with Crippen LogP contribution in [0.3, 0.4) is 0 Å². The summed E-state index contributed by atoms with van der Waals surface area (Å²) in [4.78, 5) is 26.2. The van der Waals surface area contributed by atoms with Crippen LogP contribution in [0.2, 0.25) is 0 Å². The van der Waals surface area contributed by atoms with Gasteiger partial charge in [-0.3, -0.25) is 9.69 Å². The summed E-state index contributed by atoms with van der Waals surface area (Å²) in [6.45, 7) is 10.2. The predicted molar refractivity (Wildman–Crippen MR) is 104 cm³/mol. The first kappa shape index (κ1) is 22.4. The van der Waals surface area contributed by atoms with Crippen LogP contribution in [0.25, 0.3) is 0 Å². The van der Waals surface area contributed by atoms with Gasteiger partial charge in [-0.15, -0.1) is 12.4 Å². The first-order valence-corrected chi connectivity index (χ1v) is 8.78. The number of amides is 1.